The fourth-order valence-electron chi connectivity index (χ4n) is 5.22. The average molecular weight is 658 g/mol. The van der Waals surface area contributed by atoms with E-state index in [4.69, 9.17) is 9.47 Å². The fraction of sp³-hybridized carbons (Fsp3) is 0.455. The van der Waals surface area contributed by atoms with Crippen LogP contribution in [0.1, 0.15) is 60.7 Å². The summed E-state index contributed by atoms with van der Waals surface area (Å²) in [4.78, 5) is 30.6. The van der Waals surface area contributed by atoms with Crippen molar-refractivity contribution in [2.24, 2.45) is 5.92 Å². The number of thiophene rings is 1. The molecule has 2 heterocycles. The first kappa shape index (κ1) is 34.4. The van der Waals surface area contributed by atoms with Crippen molar-refractivity contribution in [3.8, 4) is 5.75 Å². The average Bonchev–Trinajstić information content (AvgIpc) is 3.59. The monoisotopic (exact) mass is 657 g/mol. The first-order valence-electron chi connectivity index (χ1n) is 15.2. The van der Waals surface area contributed by atoms with Gasteiger partial charge in [0.1, 0.15) is 9.96 Å². The first-order valence-corrected chi connectivity index (χ1v) is 17.6. The van der Waals surface area contributed by atoms with Crippen molar-refractivity contribution in [1.29, 1.82) is 0 Å². The van der Waals surface area contributed by atoms with Gasteiger partial charge in [-0.25, -0.2) is 8.42 Å². The molecule has 0 aliphatic carbocycles. The van der Waals surface area contributed by atoms with E-state index in [1.807, 2.05) is 32.0 Å². The van der Waals surface area contributed by atoms with Crippen LogP contribution >= 0.6 is 11.3 Å². The number of likely N-dealkylation sites (N-methyl/N-ethyl adjacent to an activating group) is 1. The lowest BCUT2D eigenvalue weighted by atomic mass is 10.0. The number of nitrogens with zero attached hydrogens (tertiary/aromatic N) is 2. The summed E-state index contributed by atoms with van der Waals surface area (Å²) in [6, 6.07) is 16.3. The number of aliphatic hydroxyl groups is 1. The molecule has 0 radical (unpaired) electrons. The molecule has 0 saturated carbocycles. The molecule has 0 bridgehead atoms. The number of aliphatic hydroxyl groups excluding tert-OH is 1. The Kier molecular flexibility index (Phi) is 12.0. The molecular weight excluding hydrogens is 615 g/mol. The number of sulfonamides is 1. The van der Waals surface area contributed by atoms with Gasteiger partial charge in [0.25, 0.3) is 21.8 Å². The number of carbonyl (C=O) groups excluding carboxylic acids is 2. The van der Waals surface area contributed by atoms with Crippen molar-refractivity contribution in [2.45, 2.75) is 62.5 Å². The number of anilines is 1. The van der Waals surface area contributed by atoms with E-state index >= 15 is 0 Å². The zero-order valence-corrected chi connectivity index (χ0v) is 27.9. The highest BCUT2D eigenvalue weighted by Crippen LogP contribution is 2.30. The predicted molar refractivity (Wildman–Crippen MR) is 175 cm³/mol. The Labute approximate surface area is 270 Å². The summed E-state index contributed by atoms with van der Waals surface area (Å²) in [6.07, 6.45) is 1.73. The Morgan fingerprint density at radius 1 is 1.13 bits per heavy atom. The molecule has 1 aliphatic heterocycles. The maximum Gasteiger partial charge on any atom is 0.271 e. The second-order valence-electron chi connectivity index (χ2n) is 11.6. The van der Waals surface area contributed by atoms with E-state index in [0.717, 1.165) is 24.2 Å². The van der Waals surface area contributed by atoms with Crippen LogP contribution in [0.3, 0.4) is 0 Å². The lowest BCUT2D eigenvalue weighted by molar-refractivity contribution is -0.0149. The normalized spacial score (nSPS) is 20.8. The van der Waals surface area contributed by atoms with Gasteiger partial charge in [0.2, 0.25) is 0 Å². The van der Waals surface area contributed by atoms with Crippen molar-refractivity contribution in [3.63, 3.8) is 0 Å². The number of fused-ring (bicyclic) bond motifs is 1. The number of carbonyl (C=O) groups is 2. The molecule has 0 unspecified atom stereocenters. The number of hydrogen-bond acceptors (Lipinski definition) is 8. The molecule has 45 heavy (non-hydrogen) atoms. The van der Waals surface area contributed by atoms with E-state index in [0.29, 0.717) is 30.9 Å². The third-order valence-electron chi connectivity index (χ3n) is 7.88. The number of hydrogen-bond donors (Lipinski definition) is 2. The molecule has 2 amide bonds. The van der Waals surface area contributed by atoms with Crippen molar-refractivity contribution >= 4 is 38.9 Å². The number of benzene rings is 2. The smallest absolute Gasteiger partial charge is 0.271 e. The highest BCUT2D eigenvalue weighted by atomic mass is 32.2. The standard InChI is InChI=1S/C33H43N3O7S2/c1-23-20-36(24(2)22-37)33(39)28-19-27(34-45(40,41)31-14-10-18-44-31)15-16-29(28)43-25(3)11-8-9-17-42-30(23)21-35(4)32(38)26-12-6-5-7-13-26/h5-7,10,12-16,18-19,23-25,30,34,37H,8-9,11,17,20-22H2,1-4H3/t23-,24+,25-,30-/m1/s1. The first-order chi connectivity index (χ1) is 21.5. The highest BCUT2D eigenvalue weighted by Gasteiger charge is 2.31. The number of amides is 2. The molecule has 1 aliphatic rings. The fourth-order valence-corrected chi connectivity index (χ4v) is 7.27. The van der Waals surface area contributed by atoms with E-state index in [1.165, 1.54) is 12.1 Å². The summed E-state index contributed by atoms with van der Waals surface area (Å²) >= 11 is 1.10. The number of nitrogens with one attached hydrogen (secondary N) is 1. The van der Waals surface area contributed by atoms with E-state index in [-0.39, 0.29) is 52.6 Å². The predicted octanol–water partition coefficient (Wildman–Crippen LogP) is 5.12. The van der Waals surface area contributed by atoms with E-state index in [2.05, 4.69) is 4.72 Å². The van der Waals surface area contributed by atoms with Gasteiger partial charge in [-0.2, -0.15) is 0 Å². The highest BCUT2D eigenvalue weighted by molar-refractivity contribution is 7.94. The minimum absolute atomic E-state index is 0.125. The van der Waals surface area contributed by atoms with Crippen LogP contribution < -0.4 is 9.46 Å². The van der Waals surface area contributed by atoms with Gasteiger partial charge in [-0.05, 0) is 74.9 Å². The molecule has 0 fully saturated rings. The van der Waals surface area contributed by atoms with Gasteiger partial charge in [0.05, 0.1) is 30.4 Å². The lowest BCUT2D eigenvalue weighted by Crippen LogP contribution is -2.48. The van der Waals surface area contributed by atoms with Crippen LogP contribution in [0.25, 0.3) is 0 Å². The Hall–Kier alpha value is -3.45. The van der Waals surface area contributed by atoms with Crippen LogP contribution in [0.5, 0.6) is 5.75 Å². The molecule has 1 aromatic heterocycles. The van der Waals surface area contributed by atoms with Crippen LogP contribution in [0.4, 0.5) is 5.69 Å². The van der Waals surface area contributed by atoms with Crippen LogP contribution in [0, 0.1) is 5.92 Å². The van der Waals surface area contributed by atoms with Crippen molar-refractivity contribution < 1.29 is 32.6 Å². The molecule has 12 heteroatoms. The topological polar surface area (TPSA) is 125 Å². The molecule has 0 spiro atoms. The van der Waals surface area contributed by atoms with Crippen molar-refractivity contribution in [3.05, 3.63) is 77.2 Å². The molecule has 0 saturated heterocycles. The molecule has 2 N–H and O–H groups in total. The maximum absolute atomic E-state index is 14.3. The minimum Gasteiger partial charge on any atom is -0.490 e. The van der Waals surface area contributed by atoms with Gasteiger partial charge in [-0.1, -0.05) is 31.2 Å². The van der Waals surface area contributed by atoms with Crippen LogP contribution in [0.15, 0.2) is 70.3 Å². The second kappa shape index (κ2) is 15.7. The molecule has 3 aromatic rings. The molecule has 244 valence electrons. The van der Waals surface area contributed by atoms with Gasteiger partial charge < -0.3 is 24.4 Å². The lowest BCUT2D eigenvalue weighted by Gasteiger charge is -2.36. The minimum atomic E-state index is -3.85. The summed E-state index contributed by atoms with van der Waals surface area (Å²) in [5, 5.41) is 11.9. The third kappa shape index (κ3) is 9.06. The molecular formula is C33H43N3O7S2. The number of rotatable bonds is 8. The summed E-state index contributed by atoms with van der Waals surface area (Å²) in [5.74, 6) is -0.416. The molecule has 10 nitrogen and oxygen atoms in total. The largest absolute Gasteiger partial charge is 0.490 e. The van der Waals surface area contributed by atoms with Gasteiger partial charge >= 0.3 is 0 Å². The second-order valence-corrected chi connectivity index (χ2v) is 14.5. The van der Waals surface area contributed by atoms with Gasteiger partial charge in [0.15, 0.2) is 0 Å². The third-order valence-corrected chi connectivity index (χ3v) is 10.7. The van der Waals surface area contributed by atoms with Gasteiger partial charge in [0, 0.05) is 43.9 Å². The summed E-state index contributed by atoms with van der Waals surface area (Å²) in [5.41, 5.74) is 0.988. The number of ether oxygens (including phenoxy) is 2. The Morgan fingerprint density at radius 3 is 2.58 bits per heavy atom. The van der Waals surface area contributed by atoms with Crippen LogP contribution in [-0.4, -0.2) is 86.7 Å². The summed E-state index contributed by atoms with van der Waals surface area (Å²) in [7, 11) is -2.11. The Balaban J connectivity index is 1.65. The molecule has 2 aromatic carbocycles. The van der Waals surface area contributed by atoms with Crippen molar-refractivity contribution in [2.75, 3.05) is 38.1 Å². The SMILES string of the molecule is C[C@@H]1CCCCO[C@H](CN(C)C(=O)c2ccccc2)[C@H](C)CN([C@@H](C)CO)C(=O)c2cc(NS(=O)(=O)c3cccs3)ccc2O1. The summed E-state index contributed by atoms with van der Waals surface area (Å²) < 4.78 is 41.2. The Bertz CT molecular complexity index is 1520. The van der Waals surface area contributed by atoms with Gasteiger partial charge in [-0.3, -0.25) is 14.3 Å². The van der Waals surface area contributed by atoms with E-state index in [1.54, 1.807) is 59.5 Å². The van der Waals surface area contributed by atoms with Crippen LogP contribution in [-0.2, 0) is 14.8 Å². The van der Waals surface area contributed by atoms with Crippen LogP contribution in [0.2, 0.25) is 0 Å². The Morgan fingerprint density at radius 2 is 1.89 bits per heavy atom. The molecule has 4 rings (SSSR count). The maximum atomic E-state index is 14.3. The quantitative estimate of drug-likeness (QED) is 0.345. The van der Waals surface area contributed by atoms with E-state index in [9.17, 15) is 23.1 Å². The molecule has 4 atom stereocenters. The van der Waals surface area contributed by atoms with Gasteiger partial charge in [-0.15, -0.1) is 11.3 Å². The van der Waals surface area contributed by atoms with E-state index < -0.39 is 22.0 Å². The summed E-state index contributed by atoms with van der Waals surface area (Å²) in [6.45, 7) is 6.38. The zero-order valence-electron chi connectivity index (χ0n) is 26.2. The zero-order chi connectivity index (χ0) is 32.6. The van der Waals surface area contributed by atoms with Crippen molar-refractivity contribution in [1.82, 2.24) is 9.80 Å².